The lowest BCUT2D eigenvalue weighted by Gasteiger charge is -2.23. The van der Waals surface area contributed by atoms with Crippen molar-refractivity contribution in [3.63, 3.8) is 0 Å². The zero-order valence-electron chi connectivity index (χ0n) is 13.4. The number of hydrogen-bond acceptors (Lipinski definition) is 4. The van der Waals surface area contributed by atoms with Crippen LogP contribution in [0.25, 0.3) is 0 Å². The van der Waals surface area contributed by atoms with E-state index in [0.717, 1.165) is 11.1 Å². The van der Waals surface area contributed by atoms with Gasteiger partial charge >= 0.3 is 5.97 Å². The summed E-state index contributed by atoms with van der Waals surface area (Å²) in [4.78, 5) is 18.4. The van der Waals surface area contributed by atoms with Gasteiger partial charge in [-0.15, -0.1) is 0 Å². The summed E-state index contributed by atoms with van der Waals surface area (Å²) in [5.74, 6) is -0.254. The van der Waals surface area contributed by atoms with Crippen molar-refractivity contribution in [2.45, 2.75) is 31.6 Å². The van der Waals surface area contributed by atoms with Crippen LogP contribution in [-0.4, -0.2) is 24.1 Å². The maximum atomic E-state index is 12.4. The van der Waals surface area contributed by atoms with E-state index in [2.05, 4.69) is 0 Å². The third kappa shape index (κ3) is 3.44. The fourth-order valence-corrected chi connectivity index (χ4v) is 2.93. The molecule has 0 saturated carbocycles. The second-order valence-electron chi connectivity index (χ2n) is 6.05. The van der Waals surface area contributed by atoms with Gasteiger partial charge in [0.25, 0.3) is 0 Å². The smallest absolute Gasteiger partial charge is 0.326 e. The Hall–Kier alpha value is -2.17. The Morgan fingerprint density at radius 2 is 1.78 bits per heavy atom. The maximum absolute atomic E-state index is 12.4. The Kier molecular flexibility index (Phi) is 4.46. The molecule has 0 unspecified atom stereocenters. The molecule has 23 heavy (non-hydrogen) atoms. The first-order valence-electron chi connectivity index (χ1n) is 7.76. The molecule has 3 rings (SSSR count). The minimum absolute atomic E-state index is 0.254. The standard InChI is InChI=1S/C19H21NO3/c1-19(16-11-7-4-8-12-16)13-17(20(2)23-19)18(21)22-14-15-9-5-3-6-10-15/h3-12,17H,13-14H2,1-2H3/t17-,19+/m0/s1. The Bertz CT molecular complexity index is 659. The average Bonchev–Trinajstić information content (AvgIpc) is 2.91. The molecule has 1 saturated heterocycles. The second kappa shape index (κ2) is 6.52. The predicted octanol–water partition coefficient (Wildman–Crippen LogP) is 3.28. The van der Waals surface area contributed by atoms with Crippen molar-refractivity contribution in [2.24, 2.45) is 0 Å². The summed E-state index contributed by atoms with van der Waals surface area (Å²) in [6.07, 6.45) is 0.571. The van der Waals surface area contributed by atoms with Crippen molar-refractivity contribution in [1.29, 1.82) is 0 Å². The van der Waals surface area contributed by atoms with Crippen LogP contribution in [0.3, 0.4) is 0 Å². The van der Waals surface area contributed by atoms with E-state index >= 15 is 0 Å². The van der Waals surface area contributed by atoms with Crippen molar-refractivity contribution in [1.82, 2.24) is 5.06 Å². The van der Waals surface area contributed by atoms with Crippen LogP contribution in [0.2, 0.25) is 0 Å². The van der Waals surface area contributed by atoms with Crippen LogP contribution in [0.5, 0.6) is 0 Å². The van der Waals surface area contributed by atoms with Gasteiger partial charge in [-0.2, -0.15) is 5.06 Å². The zero-order chi connectivity index (χ0) is 16.3. The van der Waals surface area contributed by atoms with Crippen LogP contribution in [0.15, 0.2) is 60.7 Å². The number of hydroxylamine groups is 2. The van der Waals surface area contributed by atoms with Crippen molar-refractivity contribution in [2.75, 3.05) is 7.05 Å². The summed E-state index contributed by atoms with van der Waals surface area (Å²) in [6, 6.07) is 19.2. The molecular formula is C19H21NO3. The van der Waals surface area contributed by atoms with Crippen LogP contribution in [-0.2, 0) is 26.6 Å². The maximum Gasteiger partial charge on any atom is 0.326 e. The molecule has 0 bridgehead atoms. The van der Waals surface area contributed by atoms with Crippen molar-refractivity contribution in [3.05, 3.63) is 71.8 Å². The predicted molar refractivity (Wildman–Crippen MR) is 87.3 cm³/mol. The topological polar surface area (TPSA) is 38.8 Å². The van der Waals surface area contributed by atoms with E-state index in [1.807, 2.05) is 67.6 Å². The summed E-state index contributed by atoms with van der Waals surface area (Å²) in [5.41, 5.74) is 1.53. The molecule has 4 heteroatoms. The average molecular weight is 311 g/mol. The van der Waals surface area contributed by atoms with E-state index in [1.54, 1.807) is 12.1 Å². The van der Waals surface area contributed by atoms with Crippen molar-refractivity contribution in [3.8, 4) is 0 Å². The quantitative estimate of drug-likeness (QED) is 0.812. The minimum atomic E-state index is -0.507. The van der Waals surface area contributed by atoms with Gasteiger partial charge < -0.3 is 4.74 Å². The van der Waals surface area contributed by atoms with Gasteiger partial charge in [0.15, 0.2) is 0 Å². The molecule has 0 aromatic heterocycles. The third-order valence-electron chi connectivity index (χ3n) is 4.25. The van der Waals surface area contributed by atoms with Crippen LogP contribution in [0.4, 0.5) is 0 Å². The normalized spacial score (nSPS) is 24.5. The lowest BCUT2D eigenvalue weighted by Crippen LogP contribution is -2.33. The number of benzene rings is 2. The second-order valence-corrected chi connectivity index (χ2v) is 6.05. The van der Waals surface area contributed by atoms with Gasteiger partial charge in [-0.05, 0) is 18.1 Å². The Morgan fingerprint density at radius 3 is 2.43 bits per heavy atom. The molecule has 0 N–H and O–H groups in total. The number of carbonyl (C=O) groups excluding carboxylic acids is 1. The Balaban J connectivity index is 1.65. The molecule has 0 amide bonds. The number of esters is 1. The fourth-order valence-electron chi connectivity index (χ4n) is 2.93. The molecule has 2 atom stereocenters. The molecule has 1 fully saturated rings. The van der Waals surface area contributed by atoms with Gasteiger partial charge in [-0.3, -0.25) is 9.63 Å². The highest BCUT2D eigenvalue weighted by Gasteiger charge is 2.45. The summed E-state index contributed by atoms with van der Waals surface area (Å²) in [6.45, 7) is 2.29. The molecule has 0 aliphatic carbocycles. The first-order valence-corrected chi connectivity index (χ1v) is 7.76. The first-order chi connectivity index (χ1) is 11.1. The largest absolute Gasteiger partial charge is 0.460 e. The molecule has 1 aliphatic rings. The van der Waals surface area contributed by atoms with Gasteiger partial charge in [0, 0.05) is 13.5 Å². The molecule has 1 aliphatic heterocycles. The van der Waals surface area contributed by atoms with E-state index in [-0.39, 0.29) is 12.6 Å². The molecule has 0 spiro atoms. The number of carbonyl (C=O) groups is 1. The summed E-state index contributed by atoms with van der Waals surface area (Å²) < 4.78 is 5.45. The number of likely N-dealkylation sites (N-methyl/N-ethyl adjacent to an activating group) is 1. The van der Waals surface area contributed by atoms with Crippen LogP contribution in [0, 0.1) is 0 Å². The lowest BCUT2D eigenvalue weighted by atomic mass is 9.90. The van der Waals surface area contributed by atoms with Gasteiger partial charge in [0.05, 0.1) is 0 Å². The van der Waals surface area contributed by atoms with E-state index in [0.29, 0.717) is 6.42 Å². The van der Waals surface area contributed by atoms with Gasteiger partial charge in [0.2, 0.25) is 0 Å². The summed E-state index contributed by atoms with van der Waals surface area (Å²) in [7, 11) is 1.78. The molecule has 120 valence electrons. The fraction of sp³-hybridized carbons (Fsp3) is 0.316. The highest BCUT2D eigenvalue weighted by atomic mass is 16.7. The number of ether oxygens (including phenoxy) is 1. The van der Waals surface area contributed by atoms with Crippen LogP contribution < -0.4 is 0 Å². The Morgan fingerprint density at radius 1 is 1.17 bits per heavy atom. The Labute approximate surface area is 136 Å². The van der Waals surface area contributed by atoms with Crippen LogP contribution in [0.1, 0.15) is 24.5 Å². The van der Waals surface area contributed by atoms with E-state index in [4.69, 9.17) is 9.57 Å². The van der Waals surface area contributed by atoms with Crippen molar-refractivity contribution >= 4 is 5.97 Å². The molecule has 2 aromatic carbocycles. The minimum Gasteiger partial charge on any atom is -0.460 e. The SMILES string of the molecule is CN1O[C@@](C)(c2ccccc2)C[C@H]1C(=O)OCc1ccccc1. The number of hydrogen-bond donors (Lipinski definition) is 0. The molecule has 2 aromatic rings. The molecule has 1 heterocycles. The summed E-state index contributed by atoms with van der Waals surface area (Å²) in [5, 5.41) is 1.61. The van der Waals surface area contributed by atoms with Crippen LogP contribution >= 0.6 is 0 Å². The zero-order valence-corrected chi connectivity index (χ0v) is 13.4. The summed E-state index contributed by atoms with van der Waals surface area (Å²) >= 11 is 0. The van der Waals surface area contributed by atoms with E-state index in [9.17, 15) is 4.79 Å². The molecule has 4 nitrogen and oxygen atoms in total. The lowest BCUT2D eigenvalue weighted by molar-refractivity contribution is -0.196. The van der Waals surface area contributed by atoms with E-state index < -0.39 is 11.6 Å². The van der Waals surface area contributed by atoms with E-state index in [1.165, 1.54) is 0 Å². The van der Waals surface area contributed by atoms with Gasteiger partial charge in [-0.25, -0.2) is 0 Å². The molecular weight excluding hydrogens is 290 g/mol. The first kappa shape index (κ1) is 15.7. The highest BCUT2D eigenvalue weighted by molar-refractivity contribution is 5.76. The number of rotatable bonds is 4. The third-order valence-corrected chi connectivity index (χ3v) is 4.25. The highest BCUT2D eigenvalue weighted by Crippen LogP contribution is 2.38. The monoisotopic (exact) mass is 311 g/mol. The van der Waals surface area contributed by atoms with Gasteiger partial charge in [0.1, 0.15) is 18.2 Å². The van der Waals surface area contributed by atoms with Crippen molar-refractivity contribution < 1.29 is 14.4 Å². The molecule has 0 radical (unpaired) electrons. The number of nitrogens with zero attached hydrogens (tertiary/aromatic N) is 1. The van der Waals surface area contributed by atoms with Gasteiger partial charge in [-0.1, -0.05) is 60.7 Å².